The topological polar surface area (TPSA) is 43.8 Å². The Bertz CT molecular complexity index is 431. The minimum Gasteiger partial charge on any atom is -0.330 e. The third-order valence-electron chi connectivity index (χ3n) is 2.48. The molecule has 1 aromatic heterocycles. The summed E-state index contributed by atoms with van der Waals surface area (Å²) in [5.41, 5.74) is 8.00. The van der Waals surface area contributed by atoms with Gasteiger partial charge >= 0.3 is 0 Å². The molecular weight excluding hydrogens is 174 g/mol. The molecule has 2 rings (SSSR count). The quantitative estimate of drug-likeness (QED) is 0.794. The summed E-state index contributed by atoms with van der Waals surface area (Å²) >= 11 is 0. The molecule has 0 spiro atoms. The summed E-state index contributed by atoms with van der Waals surface area (Å²) in [5.74, 6) is 0. The number of fused-ring (bicyclic) bond motifs is 1. The van der Waals surface area contributed by atoms with Gasteiger partial charge in [-0.2, -0.15) is 5.10 Å². The predicted molar refractivity (Wildman–Crippen MR) is 58.1 cm³/mol. The highest BCUT2D eigenvalue weighted by molar-refractivity contribution is 5.79. The Balaban J connectivity index is 2.32. The molecule has 0 fully saturated rings. The molecule has 74 valence electrons. The molecule has 0 aliphatic rings. The molecule has 2 aromatic rings. The smallest absolute Gasteiger partial charge is 0.0679 e. The largest absolute Gasteiger partial charge is 0.330 e. The molecule has 0 amide bonds. The standard InChI is InChI=1S/C11H15N3/c1-14-11-5-4-9(3-2-6-12)7-10(11)8-13-14/h4-5,7-8H,2-3,6,12H2,1H3. The van der Waals surface area contributed by atoms with Gasteiger partial charge in [-0.3, -0.25) is 4.68 Å². The van der Waals surface area contributed by atoms with Crippen LogP contribution in [0.3, 0.4) is 0 Å². The van der Waals surface area contributed by atoms with Gasteiger partial charge < -0.3 is 5.73 Å². The van der Waals surface area contributed by atoms with Crippen LogP contribution in [0.5, 0.6) is 0 Å². The highest BCUT2D eigenvalue weighted by Gasteiger charge is 2.00. The van der Waals surface area contributed by atoms with Crippen LogP contribution in [0.1, 0.15) is 12.0 Å². The van der Waals surface area contributed by atoms with Crippen LogP contribution in [-0.2, 0) is 13.5 Å². The van der Waals surface area contributed by atoms with Crippen LogP contribution in [-0.4, -0.2) is 16.3 Å². The number of aryl methyl sites for hydroxylation is 2. The molecular formula is C11H15N3. The van der Waals surface area contributed by atoms with E-state index in [-0.39, 0.29) is 0 Å². The average Bonchev–Trinajstić information content (AvgIpc) is 2.57. The first-order chi connectivity index (χ1) is 6.81. The molecule has 0 saturated heterocycles. The molecule has 1 heterocycles. The SMILES string of the molecule is Cn1ncc2cc(CCCN)ccc21. The van der Waals surface area contributed by atoms with E-state index in [2.05, 4.69) is 23.3 Å². The van der Waals surface area contributed by atoms with Crippen molar-refractivity contribution in [3.05, 3.63) is 30.0 Å². The number of nitrogens with two attached hydrogens (primary N) is 1. The van der Waals surface area contributed by atoms with Gasteiger partial charge in [0, 0.05) is 12.4 Å². The molecule has 0 aliphatic heterocycles. The fraction of sp³-hybridized carbons (Fsp3) is 0.364. The fourth-order valence-electron chi connectivity index (χ4n) is 1.67. The first-order valence-corrected chi connectivity index (χ1v) is 4.92. The summed E-state index contributed by atoms with van der Waals surface area (Å²) in [7, 11) is 1.96. The number of rotatable bonds is 3. The van der Waals surface area contributed by atoms with Crippen LogP contribution in [0.2, 0.25) is 0 Å². The maximum Gasteiger partial charge on any atom is 0.0679 e. The highest BCUT2D eigenvalue weighted by atomic mass is 15.2. The Morgan fingerprint density at radius 1 is 1.43 bits per heavy atom. The van der Waals surface area contributed by atoms with Crippen molar-refractivity contribution in [1.29, 1.82) is 0 Å². The summed E-state index contributed by atoms with van der Waals surface area (Å²) in [6.07, 6.45) is 4.01. The molecule has 14 heavy (non-hydrogen) atoms. The Morgan fingerprint density at radius 3 is 3.07 bits per heavy atom. The second-order valence-corrected chi connectivity index (χ2v) is 3.55. The summed E-state index contributed by atoms with van der Waals surface area (Å²) in [6.45, 7) is 0.755. The van der Waals surface area contributed by atoms with Crippen LogP contribution in [0, 0.1) is 0 Å². The molecule has 0 bridgehead atoms. The zero-order valence-electron chi connectivity index (χ0n) is 8.40. The van der Waals surface area contributed by atoms with Crippen LogP contribution in [0.4, 0.5) is 0 Å². The van der Waals surface area contributed by atoms with Gasteiger partial charge in [-0.25, -0.2) is 0 Å². The average molecular weight is 189 g/mol. The number of aromatic nitrogens is 2. The Hall–Kier alpha value is -1.35. The van der Waals surface area contributed by atoms with Gasteiger partial charge in [-0.15, -0.1) is 0 Å². The maximum absolute atomic E-state index is 5.48. The lowest BCUT2D eigenvalue weighted by Crippen LogP contribution is -2.00. The first kappa shape index (κ1) is 9.21. The van der Waals surface area contributed by atoms with E-state index in [1.165, 1.54) is 16.5 Å². The van der Waals surface area contributed by atoms with Gasteiger partial charge in [-0.1, -0.05) is 6.07 Å². The highest BCUT2D eigenvalue weighted by Crippen LogP contribution is 2.15. The Labute approximate surface area is 83.5 Å². The van der Waals surface area contributed by atoms with E-state index < -0.39 is 0 Å². The monoisotopic (exact) mass is 189 g/mol. The summed E-state index contributed by atoms with van der Waals surface area (Å²) in [5, 5.41) is 5.42. The van der Waals surface area contributed by atoms with Gasteiger partial charge in [0.05, 0.1) is 11.7 Å². The van der Waals surface area contributed by atoms with Crippen molar-refractivity contribution < 1.29 is 0 Å². The number of benzene rings is 1. The van der Waals surface area contributed by atoms with Gasteiger partial charge in [0.25, 0.3) is 0 Å². The van der Waals surface area contributed by atoms with Crippen molar-refractivity contribution in [3.63, 3.8) is 0 Å². The summed E-state index contributed by atoms with van der Waals surface area (Å²) < 4.78 is 1.89. The Morgan fingerprint density at radius 2 is 2.29 bits per heavy atom. The molecule has 2 N–H and O–H groups in total. The van der Waals surface area contributed by atoms with E-state index in [0.29, 0.717) is 0 Å². The van der Waals surface area contributed by atoms with Crippen LogP contribution in [0.25, 0.3) is 10.9 Å². The third-order valence-corrected chi connectivity index (χ3v) is 2.48. The maximum atomic E-state index is 5.48. The zero-order valence-corrected chi connectivity index (χ0v) is 8.40. The van der Waals surface area contributed by atoms with Gasteiger partial charge in [0.2, 0.25) is 0 Å². The van der Waals surface area contributed by atoms with Crippen molar-refractivity contribution in [2.24, 2.45) is 12.8 Å². The lowest BCUT2D eigenvalue weighted by atomic mass is 10.1. The van der Waals surface area contributed by atoms with Crippen LogP contribution < -0.4 is 5.73 Å². The molecule has 3 nitrogen and oxygen atoms in total. The van der Waals surface area contributed by atoms with E-state index in [9.17, 15) is 0 Å². The van der Waals surface area contributed by atoms with E-state index in [1.54, 1.807) is 0 Å². The van der Waals surface area contributed by atoms with E-state index in [1.807, 2.05) is 17.9 Å². The van der Waals surface area contributed by atoms with Crippen LogP contribution in [0.15, 0.2) is 24.4 Å². The minimum atomic E-state index is 0.755. The number of nitrogens with zero attached hydrogens (tertiary/aromatic N) is 2. The van der Waals surface area contributed by atoms with Crippen molar-refractivity contribution in [2.75, 3.05) is 6.54 Å². The number of hydrogen-bond acceptors (Lipinski definition) is 2. The second kappa shape index (κ2) is 3.80. The second-order valence-electron chi connectivity index (χ2n) is 3.55. The first-order valence-electron chi connectivity index (χ1n) is 4.92. The zero-order chi connectivity index (χ0) is 9.97. The third kappa shape index (κ3) is 1.63. The van der Waals surface area contributed by atoms with Gasteiger partial charge in [-0.05, 0) is 37.1 Å². The van der Waals surface area contributed by atoms with Gasteiger partial charge in [0.1, 0.15) is 0 Å². The molecule has 0 aliphatic carbocycles. The van der Waals surface area contributed by atoms with Crippen molar-refractivity contribution in [1.82, 2.24) is 9.78 Å². The van der Waals surface area contributed by atoms with E-state index in [4.69, 9.17) is 5.73 Å². The van der Waals surface area contributed by atoms with Crippen molar-refractivity contribution in [3.8, 4) is 0 Å². The summed E-state index contributed by atoms with van der Waals surface area (Å²) in [4.78, 5) is 0. The lowest BCUT2D eigenvalue weighted by Gasteiger charge is -2.00. The predicted octanol–water partition coefficient (Wildman–Crippen LogP) is 1.46. The molecule has 1 aromatic carbocycles. The molecule has 0 atom stereocenters. The van der Waals surface area contributed by atoms with E-state index in [0.717, 1.165) is 19.4 Å². The minimum absolute atomic E-state index is 0.755. The number of hydrogen-bond donors (Lipinski definition) is 1. The Kier molecular flexibility index (Phi) is 2.50. The van der Waals surface area contributed by atoms with Crippen molar-refractivity contribution in [2.45, 2.75) is 12.8 Å². The molecule has 0 saturated carbocycles. The lowest BCUT2D eigenvalue weighted by molar-refractivity contribution is 0.796. The van der Waals surface area contributed by atoms with E-state index >= 15 is 0 Å². The van der Waals surface area contributed by atoms with Crippen molar-refractivity contribution >= 4 is 10.9 Å². The molecule has 0 unspecified atom stereocenters. The normalized spacial score (nSPS) is 11.0. The molecule has 3 heteroatoms. The molecule has 0 radical (unpaired) electrons. The van der Waals surface area contributed by atoms with Crippen LogP contribution >= 0.6 is 0 Å². The summed E-state index contributed by atoms with van der Waals surface area (Å²) in [6, 6.07) is 6.46. The van der Waals surface area contributed by atoms with Gasteiger partial charge in [0.15, 0.2) is 0 Å². The fourth-order valence-corrected chi connectivity index (χ4v) is 1.67.